The number of aryl methyl sites for hydroxylation is 1. The van der Waals surface area contributed by atoms with Crippen molar-refractivity contribution < 1.29 is 9.05 Å². The van der Waals surface area contributed by atoms with Gasteiger partial charge in [-0.15, -0.1) is 0 Å². The van der Waals surface area contributed by atoms with E-state index in [9.17, 15) is 0 Å². The number of hydrogen-bond donors (Lipinski definition) is 0. The molecule has 0 aliphatic carbocycles. The molecule has 0 aliphatic rings. The Bertz CT molecular complexity index is 490. The van der Waals surface area contributed by atoms with E-state index in [1.54, 1.807) is 11.8 Å². The standard InChI is InChI=1S/C10H15N5O2/c1-6(2)9-12-10(17-14-9)15(4)5-8-11-7(3)16-13-8/h6H,5H2,1-4H3. The van der Waals surface area contributed by atoms with E-state index in [0.29, 0.717) is 30.1 Å². The smallest absolute Gasteiger partial charge is 0.324 e. The van der Waals surface area contributed by atoms with Crippen LogP contribution in [0.3, 0.4) is 0 Å². The Morgan fingerprint density at radius 1 is 1.18 bits per heavy atom. The van der Waals surface area contributed by atoms with Crippen LogP contribution < -0.4 is 4.90 Å². The molecule has 2 aromatic heterocycles. The van der Waals surface area contributed by atoms with Crippen molar-refractivity contribution in [2.75, 3.05) is 11.9 Å². The molecule has 0 aliphatic heterocycles. The molecule has 2 rings (SSSR count). The summed E-state index contributed by atoms with van der Waals surface area (Å²) in [5, 5.41) is 7.70. The van der Waals surface area contributed by atoms with E-state index in [1.165, 1.54) is 0 Å². The van der Waals surface area contributed by atoms with Gasteiger partial charge in [0.1, 0.15) is 0 Å². The van der Waals surface area contributed by atoms with E-state index < -0.39 is 0 Å². The van der Waals surface area contributed by atoms with Crippen LogP contribution in [0.4, 0.5) is 6.01 Å². The van der Waals surface area contributed by atoms with E-state index in [0.717, 1.165) is 0 Å². The number of rotatable bonds is 4. The van der Waals surface area contributed by atoms with Crippen molar-refractivity contribution in [3.63, 3.8) is 0 Å². The molecule has 0 radical (unpaired) electrons. The van der Waals surface area contributed by atoms with Crippen LogP contribution in [0.5, 0.6) is 0 Å². The van der Waals surface area contributed by atoms with Crippen LogP contribution in [-0.2, 0) is 6.54 Å². The van der Waals surface area contributed by atoms with Crippen molar-refractivity contribution in [2.24, 2.45) is 0 Å². The van der Waals surface area contributed by atoms with Crippen LogP contribution in [0.15, 0.2) is 9.05 Å². The van der Waals surface area contributed by atoms with Crippen molar-refractivity contribution in [1.82, 2.24) is 20.3 Å². The Hall–Kier alpha value is -1.92. The van der Waals surface area contributed by atoms with Gasteiger partial charge in [-0.1, -0.05) is 24.2 Å². The van der Waals surface area contributed by atoms with Crippen LogP contribution in [-0.4, -0.2) is 27.3 Å². The first kappa shape index (κ1) is 11.6. The van der Waals surface area contributed by atoms with Crippen LogP contribution in [0, 0.1) is 6.92 Å². The summed E-state index contributed by atoms with van der Waals surface area (Å²) in [6.45, 7) is 6.24. The van der Waals surface area contributed by atoms with E-state index in [-0.39, 0.29) is 5.92 Å². The van der Waals surface area contributed by atoms with Gasteiger partial charge in [0.25, 0.3) is 0 Å². The topological polar surface area (TPSA) is 81.1 Å². The minimum atomic E-state index is 0.244. The SMILES string of the molecule is Cc1nc(CN(C)c2nc(C(C)C)no2)no1. The molecule has 0 fully saturated rings. The highest BCUT2D eigenvalue weighted by molar-refractivity contribution is 5.23. The van der Waals surface area contributed by atoms with Crippen molar-refractivity contribution in [2.45, 2.75) is 33.2 Å². The maximum absolute atomic E-state index is 5.15. The van der Waals surface area contributed by atoms with Crippen LogP contribution >= 0.6 is 0 Å². The number of hydrogen-bond acceptors (Lipinski definition) is 7. The number of aromatic nitrogens is 4. The second kappa shape index (κ2) is 4.52. The fourth-order valence-corrected chi connectivity index (χ4v) is 1.30. The van der Waals surface area contributed by atoms with Crippen molar-refractivity contribution >= 4 is 6.01 Å². The third kappa shape index (κ3) is 2.61. The van der Waals surface area contributed by atoms with Gasteiger partial charge >= 0.3 is 6.01 Å². The molecule has 7 nitrogen and oxygen atoms in total. The van der Waals surface area contributed by atoms with Gasteiger partial charge in [0.2, 0.25) is 5.89 Å². The molecule has 2 aromatic rings. The average molecular weight is 237 g/mol. The third-order valence-electron chi connectivity index (χ3n) is 2.22. The molecule has 0 unspecified atom stereocenters. The predicted molar refractivity (Wildman–Crippen MR) is 59.5 cm³/mol. The summed E-state index contributed by atoms with van der Waals surface area (Å²) < 4.78 is 10.0. The monoisotopic (exact) mass is 237 g/mol. The van der Waals surface area contributed by atoms with Crippen molar-refractivity contribution in [3.05, 3.63) is 17.5 Å². The highest BCUT2D eigenvalue weighted by Gasteiger charge is 2.15. The Kier molecular flexibility index (Phi) is 3.08. The fourth-order valence-electron chi connectivity index (χ4n) is 1.30. The lowest BCUT2D eigenvalue weighted by atomic mass is 10.2. The second-order valence-corrected chi connectivity index (χ2v) is 4.18. The Morgan fingerprint density at radius 2 is 1.94 bits per heavy atom. The summed E-state index contributed by atoms with van der Waals surface area (Å²) >= 11 is 0. The van der Waals surface area contributed by atoms with Crippen LogP contribution in [0.2, 0.25) is 0 Å². The lowest BCUT2D eigenvalue weighted by molar-refractivity contribution is 0.384. The van der Waals surface area contributed by atoms with Gasteiger partial charge in [-0.25, -0.2) is 0 Å². The zero-order chi connectivity index (χ0) is 12.4. The Balaban J connectivity index is 2.06. The van der Waals surface area contributed by atoms with Crippen molar-refractivity contribution in [3.8, 4) is 0 Å². The molecular formula is C10H15N5O2. The summed E-state index contributed by atoms with van der Waals surface area (Å²) in [6.07, 6.45) is 0. The number of anilines is 1. The molecule has 17 heavy (non-hydrogen) atoms. The minimum absolute atomic E-state index is 0.244. The molecule has 92 valence electrons. The zero-order valence-electron chi connectivity index (χ0n) is 10.3. The summed E-state index contributed by atoms with van der Waals surface area (Å²) in [6, 6.07) is 0.455. The number of nitrogens with zero attached hydrogens (tertiary/aromatic N) is 5. The van der Waals surface area contributed by atoms with Crippen LogP contribution in [0.25, 0.3) is 0 Å². The summed E-state index contributed by atoms with van der Waals surface area (Å²) in [5.74, 6) is 2.07. The Morgan fingerprint density at radius 3 is 2.47 bits per heavy atom. The van der Waals surface area contributed by atoms with Gasteiger partial charge in [0.15, 0.2) is 11.6 Å². The van der Waals surface area contributed by atoms with E-state index >= 15 is 0 Å². The van der Waals surface area contributed by atoms with Gasteiger partial charge in [-0.3, -0.25) is 0 Å². The molecule has 0 N–H and O–H groups in total. The predicted octanol–water partition coefficient (Wildman–Crippen LogP) is 1.52. The molecule has 0 aromatic carbocycles. The first-order chi connectivity index (χ1) is 8.06. The van der Waals surface area contributed by atoms with E-state index in [2.05, 4.69) is 20.3 Å². The fraction of sp³-hybridized carbons (Fsp3) is 0.600. The lowest BCUT2D eigenvalue weighted by Crippen LogP contribution is -2.17. The third-order valence-corrected chi connectivity index (χ3v) is 2.22. The lowest BCUT2D eigenvalue weighted by Gasteiger charge is -2.09. The average Bonchev–Trinajstić information content (AvgIpc) is 2.86. The summed E-state index contributed by atoms with van der Waals surface area (Å²) in [7, 11) is 1.84. The quantitative estimate of drug-likeness (QED) is 0.797. The van der Waals surface area contributed by atoms with Gasteiger partial charge in [-0.2, -0.15) is 9.97 Å². The molecule has 0 bridgehead atoms. The van der Waals surface area contributed by atoms with Crippen molar-refractivity contribution in [1.29, 1.82) is 0 Å². The van der Waals surface area contributed by atoms with Crippen LogP contribution in [0.1, 0.15) is 37.3 Å². The van der Waals surface area contributed by atoms with Gasteiger partial charge in [0, 0.05) is 19.9 Å². The first-order valence-corrected chi connectivity index (χ1v) is 5.40. The van der Waals surface area contributed by atoms with Gasteiger partial charge in [-0.05, 0) is 0 Å². The molecule has 0 amide bonds. The van der Waals surface area contributed by atoms with E-state index in [4.69, 9.17) is 9.05 Å². The molecule has 0 spiro atoms. The van der Waals surface area contributed by atoms with E-state index in [1.807, 2.05) is 20.9 Å². The highest BCUT2D eigenvalue weighted by Crippen LogP contribution is 2.16. The minimum Gasteiger partial charge on any atom is -0.340 e. The molecule has 0 saturated heterocycles. The Labute approximate surface area is 98.8 Å². The molecule has 0 saturated carbocycles. The van der Waals surface area contributed by atoms with Gasteiger partial charge < -0.3 is 13.9 Å². The highest BCUT2D eigenvalue weighted by atomic mass is 16.5. The second-order valence-electron chi connectivity index (χ2n) is 4.18. The van der Waals surface area contributed by atoms with Gasteiger partial charge in [0.05, 0.1) is 6.54 Å². The molecule has 7 heteroatoms. The molecule has 2 heterocycles. The summed E-state index contributed by atoms with van der Waals surface area (Å²) in [5.41, 5.74) is 0. The maximum Gasteiger partial charge on any atom is 0.324 e. The first-order valence-electron chi connectivity index (χ1n) is 5.40. The normalized spacial score (nSPS) is 11.1. The zero-order valence-corrected chi connectivity index (χ0v) is 10.3. The summed E-state index contributed by atoms with van der Waals surface area (Å²) in [4.78, 5) is 10.2. The molecule has 0 atom stereocenters. The molecular weight excluding hydrogens is 222 g/mol. The largest absolute Gasteiger partial charge is 0.340 e. The maximum atomic E-state index is 5.15.